The second kappa shape index (κ2) is 4.72. The predicted octanol–water partition coefficient (Wildman–Crippen LogP) is 3.21. The van der Waals surface area contributed by atoms with E-state index in [-0.39, 0.29) is 5.75 Å². The van der Waals surface area contributed by atoms with Gasteiger partial charge in [-0.25, -0.2) is 0 Å². The van der Waals surface area contributed by atoms with E-state index in [4.69, 9.17) is 11.6 Å². The lowest BCUT2D eigenvalue weighted by Crippen LogP contribution is -2.16. The fraction of sp³-hybridized carbons (Fsp3) is 0.231. The Morgan fingerprint density at radius 2 is 1.82 bits per heavy atom. The molecular weight excluding hydrogens is 236 g/mol. The largest absolute Gasteiger partial charge is 0.508 e. The third-order valence-electron chi connectivity index (χ3n) is 2.74. The topological polar surface area (TPSA) is 37.2 Å². The lowest BCUT2D eigenvalue weighted by atomic mass is 10.2. The van der Waals surface area contributed by atoms with Crippen LogP contribution in [0.1, 0.15) is 17.0 Å². The average molecular weight is 251 g/mol. The fourth-order valence-electron chi connectivity index (χ4n) is 1.78. The van der Waals surface area contributed by atoms with Gasteiger partial charge in [-0.2, -0.15) is 0 Å². The smallest absolute Gasteiger partial charge is 0.120 e. The molecule has 1 aromatic heterocycles. The number of halogens is 1. The molecule has 1 aromatic carbocycles. The number of rotatable bonds is 3. The highest BCUT2D eigenvalue weighted by atomic mass is 35.5. The van der Waals surface area contributed by atoms with Crippen LogP contribution in [0.5, 0.6) is 5.75 Å². The van der Waals surface area contributed by atoms with Crippen LogP contribution >= 0.6 is 11.6 Å². The van der Waals surface area contributed by atoms with E-state index in [2.05, 4.69) is 5.43 Å². The Kier molecular flexibility index (Phi) is 3.29. The van der Waals surface area contributed by atoms with Crippen molar-refractivity contribution in [1.82, 2.24) is 4.68 Å². The van der Waals surface area contributed by atoms with Crippen LogP contribution in [0.4, 0.5) is 0 Å². The van der Waals surface area contributed by atoms with Gasteiger partial charge >= 0.3 is 0 Å². The molecule has 17 heavy (non-hydrogen) atoms. The maximum absolute atomic E-state index is 9.69. The van der Waals surface area contributed by atoms with Crippen LogP contribution in [0.2, 0.25) is 5.02 Å². The first-order chi connectivity index (χ1) is 8.08. The summed E-state index contributed by atoms with van der Waals surface area (Å²) in [4.78, 5) is 0. The summed E-state index contributed by atoms with van der Waals surface area (Å²) in [6.07, 6.45) is 0. The summed E-state index contributed by atoms with van der Waals surface area (Å²) in [5.41, 5.74) is 6.28. The zero-order valence-corrected chi connectivity index (χ0v) is 10.6. The van der Waals surface area contributed by atoms with Gasteiger partial charge < -0.3 is 10.5 Å². The van der Waals surface area contributed by atoms with Crippen molar-refractivity contribution < 1.29 is 5.11 Å². The van der Waals surface area contributed by atoms with Crippen molar-refractivity contribution in [3.63, 3.8) is 0 Å². The number of aromatic hydroxyl groups is 1. The summed E-state index contributed by atoms with van der Waals surface area (Å²) < 4.78 is 1.99. The van der Waals surface area contributed by atoms with Gasteiger partial charge in [0, 0.05) is 22.0 Å². The number of phenolic OH excluding ortho intramolecular Hbond substituents is 1. The van der Waals surface area contributed by atoms with E-state index in [1.54, 1.807) is 18.2 Å². The molecule has 0 radical (unpaired) electrons. The van der Waals surface area contributed by atoms with E-state index in [0.717, 1.165) is 17.0 Å². The third kappa shape index (κ3) is 2.56. The SMILES string of the molecule is Cc1ccc(C)n1NCc1cc(Cl)ccc1O. The number of benzene rings is 1. The molecule has 0 spiro atoms. The van der Waals surface area contributed by atoms with Gasteiger partial charge in [-0.1, -0.05) is 11.6 Å². The summed E-state index contributed by atoms with van der Waals surface area (Å²) in [7, 11) is 0. The van der Waals surface area contributed by atoms with Crippen molar-refractivity contribution >= 4 is 11.6 Å². The van der Waals surface area contributed by atoms with Crippen LogP contribution in [-0.4, -0.2) is 9.78 Å². The first-order valence-corrected chi connectivity index (χ1v) is 5.82. The average Bonchev–Trinajstić information content (AvgIpc) is 2.61. The van der Waals surface area contributed by atoms with Crippen molar-refractivity contribution in [2.75, 3.05) is 5.43 Å². The highest BCUT2D eigenvalue weighted by Crippen LogP contribution is 2.21. The fourth-order valence-corrected chi connectivity index (χ4v) is 1.97. The van der Waals surface area contributed by atoms with Crippen LogP contribution in [-0.2, 0) is 6.54 Å². The quantitative estimate of drug-likeness (QED) is 0.878. The van der Waals surface area contributed by atoms with Crippen LogP contribution < -0.4 is 5.43 Å². The number of aromatic nitrogens is 1. The van der Waals surface area contributed by atoms with Crippen molar-refractivity contribution in [3.05, 3.63) is 52.3 Å². The highest BCUT2D eigenvalue weighted by Gasteiger charge is 2.04. The summed E-state index contributed by atoms with van der Waals surface area (Å²) in [5.74, 6) is 0.254. The van der Waals surface area contributed by atoms with E-state index >= 15 is 0 Å². The van der Waals surface area contributed by atoms with E-state index < -0.39 is 0 Å². The minimum atomic E-state index is 0.254. The zero-order valence-electron chi connectivity index (χ0n) is 9.87. The third-order valence-corrected chi connectivity index (χ3v) is 2.98. The van der Waals surface area contributed by atoms with E-state index in [9.17, 15) is 5.11 Å². The lowest BCUT2D eigenvalue weighted by Gasteiger charge is -2.13. The van der Waals surface area contributed by atoms with Crippen molar-refractivity contribution in [3.8, 4) is 5.75 Å². The Balaban J connectivity index is 2.15. The molecule has 0 aliphatic heterocycles. The Hall–Kier alpha value is -1.61. The van der Waals surface area contributed by atoms with Gasteiger partial charge in [-0.05, 0) is 44.2 Å². The number of aryl methyl sites for hydroxylation is 2. The van der Waals surface area contributed by atoms with Gasteiger partial charge in [-0.3, -0.25) is 4.68 Å². The first kappa shape index (κ1) is 11.9. The maximum Gasteiger partial charge on any atom is 0.120 e. The second-order valence-corrected chi connectivity index (χ2v) is 4.50. The molecule has 0 amide bonds. The van der Waals surface area contributed by atoms with Gasteiger partial charge in [-0.15, -0.1) is 0 Å². The summed E-state index contributed by atoms with van der Waals surface area (Å²) in [6, 6.07) is 9.12. The van der Waals surface area contributed by atoms with Crippen molar-refractivity contribution in [2.24, 2.45) is 0 Å². The lowest BCUT2D eigenvalue weighted by molar-refractivity contribution is 0.468. The molecule has 4 heteroatoms. The van der Waals surface area contributed by atoms with Gasteiger partial charge in [0.05, 0.1) is 6.54 Å². The molecule has 90 valence electrons. The standard InChI is InChI=1S/C13H15ClN2O/c1-9-3-4-10(2)16(9)15-8-11-7-12(14)5-6-13(11)17/h3-7,15,17H,8H2,1-2H3. The Morgan fingerprint density at radius 3 is 2.47 bits per heavy atom. The van der Waals surface area contributed by atoms with Crippen LogP contribution in [0, 0.1) is 13.8 Å². The van der Waals surface area contributed by atoms with Crippen LogP contribution in [0.15, 0.2) is 30.3 Å². The molecule has 2 rings (SSSR count). The maximum atomic E-state index is 9.69. The number of hydrogen-bond donors (Lipinski definition) is 2. The van der Waals surface area contributed by atoms with E-state index in [0.29, 0.717) is 11.6 Å². The van der Waals surface area contributed by atoms with E-state index in [1.807, 2.05) is 30.7 Å². The molecule has 0 unspecified atom stereocenters. The Bertz CT molecular complexity index is 515. The second-order valence-electron chi connectivity index (χ2n) is 4.06. The predicted molar refractivity (Wildman–Crippen MR) is 70.1 cm³/mol. The molecule has 1 heterocycles. The minimum absolute atomic E-state index is 0.254. The molecule has 0 saturated carbocycles. The summed E-state index contributed by atoms with van der Waals surface area (Å²) >= 11 is 5.89. The Morgan fingerprint density at radius 1 is 1.18 bits per heavy atom. The molecule has 3 nitrogen and oxygen atoms in total. The molecule has 2 aromatic rings. The molecule has 0 saturated heterocycles. The number of nitrogens with one attached hydrogen (secondary N) is 1. The minimum Gasteiger partial charge on any atom is -0.508 e. The Labute approximate surface area is 106 Å². The highest BCUT2D eigenvalue weighted by molar-refractivity contribution is 6.30. The molecule has 0 aliphatic rings. The van der Waals surface area contributed by atoms with Crippen LogP contribution in [0.25, 0.3) is 0 Å². The molecule has 0 fully saturated rings. The van der Waals surface area contributed by atoms with Crippen molar-refractivity contribution in [1.29, 1.82) is 0 Å². The number of phenols is 1. The molecular formula is C13H15ClN2O. The number of hydrogen-bond acceptors (Lipinski definition) is 2. The summed E-state index contributed by atoms with van der Waals surface area (Å²) in [6.45, 7) is 4.58. The molecule has 0 atom stereocenters. The molecule has 0 bridgehead atoms. The van der Waals surface area contributed by atoms with E-state index in [1.165, 1.54) is 0 Å². The first-order valence-electron chi connectivity index (χ1n) is 5.44. The van der Waals surface area contributed by atoms with Gasteiger partial charge in [0.25, 0.3) is 0 Å². The molecule has 2 N–H and O–H groups in total. The van der Waals surface area contributed by atoms with Crippen LogP contribution in [0.3, 0.4) is 0 Å². The van der Waals surface area contributed by atoms with Gasteiger partial charge in [0.2, 0.25) is 0 Å². The number of nitrogens with zero attached hydrogens (tertiary/aromatic N) is 1. The van der Waals surface area contributed by atoms with Gasteiger partial charge in [0.1, 0.15) is 5.75 Å². The van der Waals surface area contributed by atoms with Gasteiger partial charge in [0.15, 0.2) is 0 Å². The van der Waals surface area contributed by atoms with Crippen molar-refractivity contribution in [2.45, 2.75) is 20.4 Å². The zero-order chi connectivity index (χ0) is 12.4. The summed E-state index contributed by atoms with van der Waals surface area (Å²) in [5, 5.41) is 10.3. The molecule has 0 aliphatic carbocycles. The monoisotopic (exact) mass is 250 g/mol. The normalized spacial score (nSPS) is 10.5.